The third-order valence-corrected chi connectivity index (χ3v) is 8.37. The minimum Gasteiger partial charge on any atom is -0.497 e. The first-order valence-electron chi connectivity index (χ1n) is 12.4. The van der Waals surface area contributed by atoms with Gasteiger partial charge in [-0.1, -0.05) is 42.5 Å². The molecule has 1 saturated heterocycles. The number of fused-ring (bicyclic) bond motifs is 1. The summed E-state index contributed by atoms with van der Waals surface area (Å²) in [4.78, 5) is 32.3. The quantitative estimate of drug-likeness (QED) is 0.298. The number of benzene rings is 4. The van der Waals surface area contributed by atoms with E-state index < -0.39 is 10.8 Å². The molecule has 4 aromatic carbocycles. The van der Waals surface area contributed by atoms with Gasteiger partial charge in [0, 0.05) is 24.7 Å². The number of nitrogens with zero attached hydrogens (tertiary/aromatic N) is 2. The van der Waals surface area contributed by atoms with Crippen LogP contribution in [-0.2, 0) is 9.59 Å². The molecule has 1 aliphatic heterocycles. The molecule has 2 atom stereocenters. The molecule has 7 heteroatoms. The molecule has 0 aromatic heterocycles. The molecular formula is C31H30N2O4S. The Labute approximate surface area is 227 Å². The summed E-state index contributed by atoms with van der Waals surface area (Å²) in [6.07, 6.45) is 0.0598. The largest absolute Gasteiger partial charge is 0.497 e. The second-order valence-electron chi connectivity index (χ2n) is 9.51. The van der Waals surface area contributed by atoms with Crippen LogP contribution in [0.2, 0.25) is 0 Å². The van der Waals surface area contributed by atoms with Gasteiger partial charge in [0.2, 0.25) is 11.8 Å². The van der Waals surface area contributed by atoms with Gasteiger partial charge in [-0.05, 0) is 64.9 Å². The Hall–Kier alpha value is -3.97. The summed E-state index contributed by atoms with van der Waals surface area (Å²) < 4.78 is 9.62. The normalized spacial score (nSPS) is 19.0. The van der Waals surface area contributed by atoms with Crippen LogP contribution in [0.5, 0.6) is 11.5 Å². The second-order valence-corrected chi connectivity index (χ2v) is 10.9. The zero-order valence-electron chi connectivity index (χ0n) is 21.9. The van der Waals surface area contributed by atoms with Crippen LogP contribution in [-0.4, -0.2) is 49.8 Å². The molecule has 0 aliphatic carbocycles. The van der Waals surface area contributed by atoms with Crippen LogP contribution >= 0.6 is 11.8 Å². The van der Waals surface area contributed by atoms with Crippen molar-refractivity contribution in [1.29, 1.82) is 0 Å². The number of ether oxygens (including phenoxy) is 2. The highest BCUT2D eigenvalue weighted by molar-refractivity contribution is 8.01. The van der Waals surface area contributed by atoms with E-state index in [2.05, 4.69) is 0 Å². The van der Waals surface area contributed by atoms with Crippen molar-refractivity contribution < 1.29 is 19.1 Å². The molecular weight excluding hydrogens is 496 g/mol. The maximum absolute atomic E-state index is 14.1. The first-order chi connectivity index (χ1) is 18.4. The molecule has 0 bridgehead atoms. The molecule has 0 spiro atoms. The third-order valence-electron chi connectivity index (χ3n) is 6.95. The van der Waals surface area contributed by atoms with Gasteiger partial charge < -0.3 is 19.3 Å². The zero-order chi connectivity index (χ0) is 26.9. The molecule has 0 radical (unpaired) electrons. The van der Waals surface area contributed by atoms with E-state index in [1.165, 1.54) is 11.8 Å². The fraction of sp³-hybridized carbons (Fsp3) is 0.226. The Balaban J connectivity index is 1.70. The number of anilines is 1. The van der Waals surface area contributed by atoms with Gasteiger partial charge in [-0.15, -0.1) is 11.8 Å². The lowest BCUT2D eigenvalue weighted by molar-refractivity contribution is -0.132. The Bertz CT molecular complexity index is 1470. The minimum absolute atomic E-state index is 0.0598. The van der Waals surface area contributed by atoms with Crippen molar-refractivity contribution in [2.24, 2.45) is 0 Å². The van der Waals surface area contributed by atoms with Crippen LogP contribution < -0.4 is 14.4 Å². The van der Waals surface area contributed by atoms with Crippen molar-refractivity contribution >= 4 is 40.0 Å². The molecule has 1 fully saturated rings. The van der Waals surface area contributed by atoms with Gasteiger partial charge in [0.25, 0.3) is 0 Å². The monoisotopic (exact) mass is 526 g/mol. The number of methoxy groups -OCH3 is 2. The molecule has 0 saturated carbocycles. The molecule has 5 rings (SSSR count). The number of hydrogen-bond donors (Lipinski definition) is 0. The van der Waals surface area contributed by atoms with E-state index >= 15 is 0 Å². The van der Waals surface area contributed by atoms with Crippen molar-refractivity contribution in [2.45, 2.75) is 22.1 Å². The first-order valence-corrected chi connectivity index (χ1v) is 13.2. The molecule has 1 heterocycles. The van der Waals surface area contributed by atoms with Gasteiger partial charge in [0.1, 0.15) is 16.2 Å². The van der Waals surface area contributed by atoms with E-state index in [0.717, 1.165) is 32.7 Å². The van der Waals surface area contributed by atoms with Crippen LogP contribution in [0.4, 0.5) is 5.69 Å². The smallest absolute Gasteiger partial charge is 0.241 e. The summed E-state index contributed by atoms with van der Waals surface area (Å²) in [6.45, 7) is 0. The minimum atomic E-state index is -1.10. The summed E-state index contributed by atoms with van der Waals surface area (Å²) in [5.74, 6) is 1.23. The predicted molar refractivity (Wildman–Crippen MR) is 152 cm³/mol. The van der Waals surface area contributed by atoms with Crippen molar-refractivity contribution in [3.63, 3.8) is 0 Å². The number of carbonyl (C=O) groups excluding carboxylic acids is 2. The number of carbonyl (C=O) groups is 2. The summed E-state index contributed by atoms with van der Waals surface area (Å²) >= 11 is 1.43. The summed E-state index contributed by atoms with van der Waals surface area (Å²) in [6, 6.07) is 28.8. The van der Waals surface area contributed by atoms with Crippen LogP contribution in [0.25, 0.3) is 10.8 Å². The van der Waals surface area contributed by atoms with E-state index in [9.17, 15) is 9.59 Å². The van der Waals surface area contributed by atoms with Crippen LogP contribution in [0.1, 0.15) is 18.0 Å². The maximum atomic E-state index is 14.1. The summed E-state index contributed by atoms with van der Waals surface area (Å²) in [7, 11) is 6.73. The topological polar surface area (TPSA) is 59.1 Å². The van der Waals surface area contributed by atoms with Gasteiger partial charge >= 0.3 is 0 Å². The van der Waals surface area contributed by atoms with E-state index in [0.29, 0.717) is 5.75 Å². The van der Waals surface area contributed by atoms with Gasteiger partial charge in [-0.2, -0.15) is 0 Å². The molecule has 194 valence electrons. The molecule has 6 nitrogen and oxygen atoms in total. The number of hydrogen-bond acceptors (Lipinski definition) is 5. The van der Waals surface area contributed by atoms with Gasteiger partial charge in [-0.3, -0.25) is 9.59 Å². The average Bonchev–Trinajstić information content (AvgIpc) is 3.24. The van der Waals surface area contributed by atoms with E-state index in [4.69, 9.17) is 9.47 Å². The molecule has 1 aliphatic rings. The van der Waals surface area contributed by atoms with Crippen LogP contribution in [0.15, 0.2) is 95.9 Å². The van der Waals surface area contributed by atoms with Gasteiger partial charge in [0.15, 0.2) is 0 Å². The molecule has 4 aromatic rings. The highest BCUT2D eigenvalue weighted by Crippen LogP contribution is 2.55. The number of amides is 2. The molecule has 0 N–H and O–H groups in total. The number of thioether (sulfide) groups is 1. The van der Waals surface area contributed by atoms with Gasteiger partial charge in [0.05, 0.1) is 26.7 Å². The maximum Gasteiger partial charge on any atom is 0.241 e. The highest BCUT2D eigenvalue weighted by Gasteiger charge is 2.59. The average molecular weight is 527 g/mol. The lowest BCUT2D eigenvalue weighted by Gasteiger charge is -2.38. The van der Waals surface area contributed by atoms with Crippen molar-refractivity contribution in [3.8, 4) is 11.5 Å². The lowest BCUT2D eigenvalue weighted by Crippen LogP contribution is -2.47. The van der Waals surface area contributed by atoms with Gasteiger partial charge in [-0.25, -0.2) is 0 Å². The van der Waals surface area contributed by atoms with Crippen LogP contribution in [0, 0.1) is 0 Å². The molecule has 2 amide bonds. The summed E-state index contributed by atoms with van der Waals surface area (Å²) in [5, 5.41) is 2.12. The number of rotatable bonds is 7. The predicted octanol–water partition coefficient (Wildman–Crippen LogP) is 5.95. The standard InChI is InChI=1S/C31H30N2O4S/c1-32(2)30(35)31(38-27-17-15-26(37-4)16-18-27)20-28(34)33(29(31)22-10-13-25(36-3)14-11-22)24-12-9-21-7-5-6-8-23(21)19-24/h5-19,29H,20H2,1-4H3/t29-,31-/m1/s1. The Morgan fingerprint density at radius 2 is 1.47 bits per heavy atom. The first kappa shape index (κ1) is 25.7. The Morgan fingerprint density at radius 3 is 2.08 bits per heavy atom. The molecule has 0 unspecified atom stereocenters. The third kappa shape index (κ3) is 4.58. The second kappa shape index (κ2) is 10.4. The van der Waals surface area contributed by atoms with Crippen molar-refractivity contribution in [3.05, 3.63) is 96.6 Å². The van der Waals surface area contributed by atoms with Crippen molar-refractivity contribution in [1.82, 2.24) is 4.90 Å². The van der Waals surface area contributed by atoms with E-state index in [1.807, 2.05) is 91.0 Å². The van der Waals surface area contributed by atoms with E-state index in [1.54, 1.807) is 38.1 Å². The zero-order valence-corrected chi connectivity index (χ0v) is 22.7. The lowest BCUT2D eigenvalue weighted by atomic mass is 9.91. The van der Waals surface area contributed by atoms with Crippen LogP contribution in [0.3, 0.4) is 0 Å². The highest BCUT2D eigenvalue weighted by atomic mass is 32.2. The Morgan fingerprint density at radius 1 is 0.868 bits per heavy atom. The Kier molecular flexibility index (Phi) is 7.04. The fourth-order valence-corrected chi connectivity index (χ4v) is 6.66. The SMILES string of the molecule is COc1ccc(S[C@]2(C(=O)N(C)C)CC(=O)N(c3ccc4ccccc4c3)[C@@H]2c2ccc(OC)cc2)cc1. The van der Waals surface area contributed by atoms with E-state index in [-0.39, 0.29) is 18.2 Å². The fourth-order valence-electron chi connectivity index (χ4n) is 5.14. The molecule has 38 heavy (non-hydrogen) atoms. The summed E-state index contributed by atoms with van der Waals surface area (Å²) in [5.41, 5.74) is 1.62. The van der Waals surface area contributed by atoms with Crippen molar-refractivity contribution in [2.75, 3.05) is 33.2 Å².